The highest BCUT2D eigenvalue weighted by Gasteiger charge is 2.26. The summed E-state index contributed by atoms with van der Waals surface area (Å²) in [6, 6.07) is 12.5. The van der Waals surface area contributed by atoms with E-state index in [-0.39, 0.29) is 4.90 Å². The van der Waals surface area contributed by atoms with Crippen molar-refractivity contribution in [2.45, 2.75) is 4.90 Å². The van der Waals surface area contributed by atoms with Crippen molar-refractivity contribution in [1.29, 1.82) is 0 Å². The Bertz CT molecular complexity index is 794. The molecule has 116 valence electrons. The van der Waals surface area contributed by atoms with Crippen molar-refractivity contribution in [3.8, 4) is 0 Å². The Kier molecular flexibility index (Phi) is 5.70. The van der Waals surface area contributed by atoms with Gasteiger partial charge in [-0.25, -0.2) is 8.42 Å². The molecular weight excluding hydrogens is 460 g/mol. The lowest BCUT2D eigenvalue weighted by Crippen LogP contribution is -2.34. The number of halogens is 3. The van der Waals surface area contributed by atoms with E-state index < -0.39 is 21.8 Å². The van der Waals surface area contributed by atoms with Crippen LogP contribution in [-0.4, -0.2) is 20.2 Å². The molecule has 0 N–H and O–H groups in total. The maximum absolute atomic E-state index is 12.8. The van der Waals surface area contributed by atoms with E-state index in [2.05, 4.69) is 22.6 Å². The fourth-order valence-corrected chi connectivity index (χ4v) is 4.05. The van der Waals surface area contributed by atoms with E-state index >= 15 is 0 Å². The predicted octanol–water partition coefficient (Wildman–Crippen LogP) is 3.91. The Morgan fingerprint density at radius 1 is 1.14 bits per heavy atom. The minimum absolute atomic E-state index is 0.0358. The molecular formula is C14H10Cl2INO3S. The molecule has 0 aliphatic carbocycles. The highest BCUT2D eigenvalue weighted by Crippen LogP contribution is 2.26. The summed E-state index contributed by atoms with van der Waals surface area (Å²) in [5.41, 5.74) is 0.371. The third-order valence-corrected chi connectivity index (χ3v) is 5.60. The third-order valence-electron chi connectivity index (χ3n) is 2.77. The zero-order valence-electron chi connectivity index (χ0n) is 11.0. The number of hydrogen-bond acceptors (Lipinski definition) is 3. The zero-order chi connectivity index (χ0) is 16.3. The van der Waals surface area contributed by atoms with Gasteiger partial charge >= 0.3 is 0 Å². The molecule has 8 heteroatoms. The van der Waals surface area contributed by atoms with Crippen LogP contribution in [0.25, 0.3) is 0 Å². The SMILES string of the molecule is O=C(Cl)CN(c1cccc(I)c1)S(=O)(=O)c1ccc(Cl)cc1. The Labute approximate surface area is 152 Å². The van der Waals surface area contributed by atoms with E-state index in [0.29, 0.717) is 10.7 Å². The van der Waals surface area contributed by atoms with Crippen LogP contribution in [-0.2, 0) is 14.8 Å². The van der Waals surface area contributed by atoms with Crippen LogP contribution in [0.3, 0.4) is 0 Å². The number of anilines is 1. The highest BCUT2D eigenvalue weighted by molar-refractivity contribution is 14.1. The maximum Gasteiger partial charge on any atom is 0.264 e. The lowest BCUT2D eigenvalue weighted by molar-refractivity contribution is -0.110. The summed E-state index contributed by atoms with van der Waals surface area (Å²) in [6.45, 7) is -0.452. The quantitative estimate of drug-likeness (QED) is 0.492. The maximum atomic E-state index is 12.8. The average molecular weight is 470 g/mol. The van der Waals surface area contributed by atoms with Gasteiger partial charge < -0.3 is 0 Å². The smallest absolute Gasteiger partial charge is 0.264 e. The van der Waals surface area contributed by atoms with E-state index in [4.69, 9.17) is 23.2 Å². The number of carbonyl (C=O) groups is 1. The molecule has 0 bridgehead atoms. The van der Waals surface area contributed by atoms with Crippen LogP contribution in [0.4, 0.5) is 5.69 Å². The number of sulfonamides is 1. The van der Waals surface area contributed by atoms with Gasteiger partial charge in [0.25, 0.3) is 10.0 Å². The van der Waals surface area contributed by atoms with E-state index in [1.807, 2.05) is 6.07 Å². The summed E-state index contributed by atoms with van der Waals surface area (Å²) in [7, 11) is -3.92. The van der Waals surface area contributed by atoms with Crippen molar-refractivity contribution < 1.29 is 13.2 Å². The first-order chi connectivity index (χ1) is 10.3. The van der Waals surface area contributed by atoms with E-state index in [1.54, 1.807) is 18.2 Å². The second kappa shape index (κ2) is 7.16. The van der Waals surface area contributed by atoms with Crippen LogP contribution in [0.2, 0.25) is 5.02 Å². The molecule has 0 spiro atoms. The first-order valence-electron chi connectivity index (χ1n) is 6.03. The standard InChI is InChI=1S/C14H10Cl2INO3S/c15-10-4-6-13(7-5-10)22(20,21)18(9-14(16)19)12-3-1-2-11(17)8-12/h1-8H,9H2. The topological polar surface area (TPSA) is 54.5 Å². The summed E-state index contributed by atoms with van der Waals surface area (Å²) in [5, 5.41) is -0.343. The Balaban J connectivity index is 2.53. The summed E-state index contributed by atoms with van der Waals surface area (Å²) < 4.78 is 27.3. The van der Waals surface area contributed by atoms with Gasteiger partial charge in [-0.3, -0.25) is 9.10 Å². The molecule has 0 radical (unpaired) electrons. The van der Waals surface area contributed by atoms with Crippen molar-refractivity contribution in [3.05, 3.63) is 57.1 Å². The van der Waals surface area contributed by atoms with Gasteiger partial charge in [0.05, 0.1) is 10.6 Å². The molecule has 2 aromatic rings. The molecule has 0 heterocycles. The Morgan fingerprint density at radius 3 is 2.32 bits per heavy atom. The normalized spacial score (nSPS) is 11.2. The van der Waals surface area contributed by atoms with E-state index in [0.717, 1.165) is 7.88 Å². The lowest BCUT2D eigenvalue weighted by atomic mass is 10.3. The minimum atomic E-state index is -3.92. The number of hydrogen-bond donors (Lipinski definition) is 0. The molecule has 0 fully saturated rings. The van der Waals surface area contributed by atoms with Crippen LogP contribution in [0.1, 0.15) is 0 Å². The molecule has 0 unspecified atom stereocenters. The largest absolute Gasteiger partial charge is 0.279 e. The minimum Gasteiger partial charge on any atom is -0.279 e. The fourth-order valence-electron chi connectivity index (χ4n) is 1.79. The molecule has 4 nitrogen and oxygen atoms in total. The summed E-state index contributed by atoms with van der Waals surface area (Å²) in [5.74, 6) is 0. The highest BCUT2D eigenvalue weighted by atomic mass is 127. The molecule has 0 aromatic heterocycles. The molecule has 0 aliphatic rings. The first-order valence-corrected chi connectivity index (χ1v) is 9.30. The van der Waals surface area contributed by atoms with Crippen LogP contribution in [0.5, 0.6) is 0 Å². The fraction of sp³-hybridized carbons (Fsp3) is 0.0714. The van der Waals surface area contributed by atoms with Gasteiger partial charge in [0.15, 0.2) is 0 Å². The molecule has 0 atom stereocenters. The van der Waals surface area contributed by atoms with Crippen molar-refractivity contribution in [2.24, 2.45) is 0 Å². The van der Waals surface area contributed by atoms with Crippen LogP contribution in [0, 0.1) is 3.57 Å². The molecule has 0 aliphatic heterocycles. The van der Waals surface area contributed by atoms with Gasteiger partial charge in [-0.1, -0.05) is 17.7 Å². The van der Waals surface area contributed by atoms with Gasteiger partial charge in [0.1, 0.15) is 6.54 Å². The van der Waals surface area contributed by atoms with Gasteiger partial charge in [-0.05, 0) is 76.7 Å². The Hall–Kier alpha value is -0.830. The molecule has 0 amide bonds. The molecule has 0 saturated carbocycles. The van der Waals surface area contributed by atoms with Gasteiger partial charge in [-0.15, -0.1) is 0 Å². The predicted molar refractivity (Wildman–Crippen MR) is 96.0 cm³/mol. The summed E-state index contributed by atoms with van der Waals surface area (Å²) in [4.78, 5) is 11.3. The zero-order valence-corrected chi connectivity index (χ0v) is 15.5. The van der Waals surface area contributed by atoms with Crippen LogP contribution < -0.4 is 4.31 Å². The lowest BCUT2D eigenvalue weighted by Gasteiger charge is -2.23. The van der Waals surface area contributed by atoms with Gasteiger partial charge in [0, 0.05) is 8.59 Å². The monoisotopic (exact) mass is 469 g/mol. The van der Waals surface area contributed by atoms with E-state index in [1.165, 1.54) is 24.3 Å². The second-order valence-electron chi connectivity index (χ2n) is 4.30. The molecule has 0 saturated heterocycles. The summed E-state index contributed by atoms with van der Waals surface area (Å²) >= 11 is 13.3. The molecule has 22 heavy (non-hydrogen) atoms. The van der Waals surface area contributed by atoms with E-state index in [9.17, 15) is 13.2 Å². The first kappa shape index (κ1) is 17.5. The number of carbonyl (C=O) groups excluding carboxylic acids is 1. The Morgan fingerprint density at radius 2 is 1.77 bits per heavy atom. The van der Waals surface area contributed by atoms with Crippen molar-refractivity contribution >= 4 is 66.7 Å². The second-order valence-corrected chi connectivity index (χ2v) is 8.27. The summed E-state index contributed by atoms with van der Waals surface area (Å²) in [6.07, 6.45) is 0. The molecule has 2 rings (SSSR count). The van der Waals surface area contributed by atoms with Gasteiger partial charge in [-0.2, -0.15) is 0 Å². The van der Waals surface area contributed by atoms with Crippen molar-refractivity contribution in [3.63, 3.8) is 0 Å². The van der Waals surface area contributed by atoms with Gasteiger partial charge in [0.2, 0.25) is 5.24 Å². The number of nitrogens with zero attached hydrogens (tertiary/aromatic N) is 1. The molecule has 2 aromatic carbocycles. The van der Waals surface area contributed by atoms with Crippen molar-refractivity contribution in [1.82, 2.24) is 0 Å². The van der Waals surface area contributed by atoms with Crippen LogP contribution in [0.15, 0.2) is 53.4 Å². The van der Waals surface area contributed by atoms with Crippen molar-refractivity contribution in [2.75, 3.05) is 10.8 Å². The average Bonchev–Trinajstić information content (AvgIpc) is 2.45. The van der Waals surface area contributed by atoms with Crippen LogP contribution >= 0.6 is 45.8 Å². The number of rotatable bonds is 5. The number of benzene rings is 2. The third kappa shape index (κ3) is 4.13.